The van der Waals surface area contributed by atoms with E-state index < -0.39 is 29.6 Å². The fourth-order valence-corrected chi connectivity index (χ4v) is 11.3. The number of hydrogen-bond acceptors (Lipinski definition) is 9. The molecule has 4 fully saturated rings. The van der Waals surface area contributed by atoms with Gasteiger partial charge in [0.05, 0.1) is 12.2 Å². The molecule has 346 valence electrons. The highest BCUT2D eigenvalue weighted by atomic mass is 19.1. The minimum atomic E-state index is -1.12. The summed E-state index contributed by atoms with van der Waals surface area (Å²) in [5, 5.41) is 35.6. The van der Waals surface area contributed by atoms with E-state index >= 15 is 0 Å². The number of carbonyl (C=O) groups is 3. The molecule has 1 heterocycles. The molecule has 0 spiro atoms. The van der Waals surface area contributed by atoms with Crippen LogP contribution in [0.3, 0.4) is 0 Å². The van der Waals surface area contributed by atoms with Gasteiger partial charge in [0.15, 0.2) is 5.78 Å². The Labute approximate surface area is 364 Å². The van der Waals surface area contributed by atoms with Crippen molar-refractivity contribution in [2.75, 3.05) is 13.8 Å². The van der Waals surface area contributed by atoms with Gasteiger partial charge in [-0.1, -0.05) is 101 Å². The summed E-state index contributed by atoms with van der Waals surface area (Å²) in [4.78, 5) is 41.9. The number of aliphatic carboxylic acids is 1. The maximum atomic E-state index is 13.8. The maximum absolute atomic E-state index is 13.8. The number of fused-ring (bicyclic) bond motifs is 7. The van der Waals surface area contributed by atoms with Gasteiger partial charge in [-0.3, -0.25) is 9.59 Å². The van der Waals surface area contributed by atoms with Gasteiger partial charge in [-0.05, 0) is 104 Å². The van der Waals surface area contributed by atoms with Gasteiger partial charge in [0.2, 0.25) is 11.7 Å². The summed E-state index contributed by atoms with van der Waals surface area (Å²) in [6.07, 6.45) is 14.1. The van der Waals surface area contributed by atoms with Crippen molar-refractivity contribution >= 4 is 30.1 Å². The number of nitrogens with zero attached hydrogens (tertiary/aromatic N) is 4. The highest BCUT2D eigenvalue weighted by molar-refractivity contribution is 6.01. The summed E-state index contributed by atoms with van der Waals surface area (Å²) < 4.78 is 29.5. The van der Waals surface area contributed by atoms with Crippen LogP contribution in [0.2, 0.25) is 0 Å². The smallest absolute Gasteiger partial charge is 0.304 e. The normalized spacial score (nSPS) is 29.3. The molecule has 5 aliphatic rings. The minimum Gasteiger partial charge on any atom is -0.481 e. The highest BCUT2D eigenvalue weighted by Crippen LogP contribution is 2.72. The minimum absolute atomic E-state index is 0.0109. The molecule has 8 unspecified atom stereocenters. The maximum Gasteiger partial charge on any atom is 0.304 e. The van der Waals surface area contributed by atoms with Crippen LogP contribution >= 0.6 is 0 Å². The first-order chi connectivity index (χ1) is 28.8. The predicted octanol–water partition coefficient (Wildman–Crippen LogP) is 11.2. The van der Waals surface area contributed by atoms with Crippen LogP contribution in [0.15, 0.2) is 50.7 Å². The first-order valence-corrected chi connectivity index (χ1v) is 22.3. The van der Waals surface area contributed by atoms with E-state index in [1.165, 1.54) is 63.6 Å². The van der Waals surface area contributed by atoms with Crippen LogP contribution in [0.1, 0.15) is 171 Å². The number of carbonyl (C=O) groups excluding carboxylic acids is 2. The fraction of sp³-hybridized carbons (Fsp3) is 0.729. The van der Waals surface area contributed by atoms with E-state index in [1.54, 1.807) is 13.8 Å². The molecule has 0 saturated heterocycles. The second-order valence-electron chi connectivity index (χ2n) is 17.9. The Morgan fingerprint density at radius 3 is 2.16 bits per heavy atom. The van der Waals surface area contributed by atoms with E-state index in [4.69, 9.17) is 14.6 Å². The van der Waals surface area contributed by atoms with E-state index in [0.29, 0.717) is 23.5 Å². The van der Waals surface area contributed by atoms with E-state index in [-0.39, 0.29) is 59.3 Å². The third kappa shape index (κ3) is 12.7. The number of aliphatic imine (C=N–C) groups is 2. The standard InChI is InChI=1S/C34H47FN4O3.C6H10O3.C3H5F.2C2H6.CH4O/c1-6-36-29(37-18-17-35)31-39-38-30(42-31)28(41)34-16-13-23-22(27(34)26(20(2)3)24(40)19-34)10-11-25-32(4)14-8-7-9-21(32)12-15-33(23,25)5;1-6(2,4-7)3-5(8)9;1-3(2)4;3*1-2/h6,18,20-23,25,28,41H,1,7-17,19H2,2-5H3;4H,3H2,1-2H3,(H,8,9);1H2,2H3;2*1-2H3;2H,1H3. The monoisotopic (exact) mass is 861 g/mol. The number of ketones is 1. The second-order valence-corrected chi connectivity index (χ2v) is 17.9. The average molecular weight is 861 g/mol. The SMILES string of the molecule is C=C(C)F.C=CN=C(N=CCF)c1nnc(C(O)C23CCC4C(CCC5C6(C)CCCCC6CCC45C)C2=C(C(C)C)C(=O)C3)o1.CC.CC.CC(C)(C=O)CC(=O)O.CO. The van der Waals surface area contributed by atoms with Crippen molar-refractivity contribution in [2.45, 2.75) is 159 Å². The van der Waals surface area contributed by atoms with Crippen LogP contribution in [0, 0.1) is 51.2 Å². The van der Waals surface area contributed by atoms with Gasteiger partial charge in [0.1, 0.15) is 19.1 Å². The van der Waals surface area contributed by atoms with Gasteiger partial charge in [-0.25, -0.2) is 18.8 Å². The first kappa shape index (κ1) is 55.3. The zero-order chi connectivity index (χ0) is 46.9. The first-order valence-electron chi connectivity index (χ1n) is 22.3. The van der Waals surface area contributed by atoms with Crippen LogP contribution in [0.25, 0.3) is 0 Å². The van der Waals surface area contributed by atoms with Crippen molar-refractivity contribution in [1.82, 2.24) is 10.2 Å². The molecule has 0 aromatic carbocycles. The third-order valence-electron chi connectivity index (χ3n) is 13.4. The number of carboxylic acids is 1. The summed E-state index contributed by atoms with van der Waals surface area (Å²) in [5.74, 6) is 1.38. The number of halogens is 2. The second kappa shape index (κ2) is 24.8. The van der Waals surface area contributed by atoms with Crippen molar-refractivity contribution in [3.63, 3.8) is 0 Å². The Bertz CT molecular complexity index is 1700. The molecule has 8 atom stereocenters. The number of aliphatic hydroxyl groups excluding tert-OH is 2. The van der Waals surface area contributed by atoms with Crippen LogP contribution in [-0.2, 0) is 14.4 Å². The number of carboxylic acid groups (broad SMARTS) is 1. The quantitative estimate of drug-likeness (QED) is 0.124. The van der Waals surface area contributed by atoms with Crippen molar-refractivity contribution in [3.05, 3.63) is 48.1 Å². The lowest BCUT2D eigenvalue weighted by Crippen LogP contribution is -2.58. The highest BCUT2D eigenvalue weighted by Gasteiger charge is 2.65. The van der Waals surface area contributed by atoms with Gasteiger partial charge < -0.3 is 24.5 Å². The molecule has 4 saturated carbocycles. The fourth-order valence-electron chi connectivity index (χ4n) is 11.3. The van der Waals surface area contributed by atoms with E-state index in [0.717, 1.165) is 44.1 Å². The molecule has 61 heavy (non-hydrogen) atoms. The molecular weight excluding hydrogens is 783 g/mol. The summed E-state index contributed by atoms with van der Waals surface area (Å²) in [7, 11) is 1.00. The van der Waals surface area contributed by atoms with Crippen LogP contribution in [0.4, 0.5) is 8.78 Å². The van der Waals surface area contributed by atoms with E-state index in [9.17, 15) is 28.3 Å². The number of aromatic nitrogens is 2. The molecule has 0 amide bonds. The topological polar surface area (TPSA) is 176 Å². The number of aldehydes is 1. The number of alkyl halides is 1. The van der Waals surface area contributed by atoms with Crippen molar-refractivity contribution in [3.8, 4) is 0 Å². The number of Topliss-reactive ketones (excluding diaryl/α,β-unsaturated/α-hetero) is 1. The summed E-state index contributed by atoms with van der Waals surface area (Å²) in [6, 6.07) is 0. The number of allylic oxidation sites excluding steroid dienone is 2. The number of hydrogen-bond donors (Lipinski definition) is 3. The lowest BCUT2D eigenvalue weighted by atomic mass is 9.39. The van der Waals surface area contributed by atoms with Crippen LogP contribution in [-0.4, -0.2) is 69.4 Å². The van der Waals surface area contributed by atoms with Crippen molar-refractivity contribution in [2.24, 2.45) is 61.2 Å². The van der Waals surface area contributed by atoms with Gasteiger partial charge in [0, 0.05) is 36.8 Å². The zero-order valence-corrected chi connectivity index (χ0v) is 39.3. The predicted molar refractivity (Wildman–Crippen MR) is 240 cm³/mol. The van der Waals surface area contributed by atoms with Crippen LogP contribution < -0.4 is 0 Å². The summed E-state index contributed by atoms with van der Waals surface area (Å²) in [6.45, 7) is 27.6. The molecule has 1 aromatic heterocycles. The third-order valence-corrected chi connectivity index (χ3v) is 13.4. The number of amidine groups is 1. The summed E-state index contributed by atoms with van der Waals surface area (Å²) in [5.41, 5.74) is 1.29. The lowest BCUT2D eigenvalue weighted by molar-refractivity contribution is -0.156. The Hall–Kier alpha value is -3.71. The van der Waals surface area contributed by atoms with Gasteiger partial charge in [-0.15, -0.1) is 10.2 Å². The van der Waals surface area contributed by atoms with Gasteiger partial charge in [-0.2, -0.15) is 0 Å². The van der Waals surface area contributed by atoms with E-state index in [1.807, 2.05) is 27.7 Å². The Morgan fingerprint density at radius 1 is 1.02 bits per heavy atom. The van der Waals surface area contributed by atoms with Crippen molar-refractivity contribution in [1.29, 1.82) is 0 Å². The zero-order valence-electron chi connectivity index (χ0n) is 39.3. The molecule has 5 aliphatic carbocycles. The lowest BCUT2D eigenvalue weighted by Gasteiger charge is -2.66. The Balaban J connectivity index is 0.000000833. The number of aliphatic hydroxyl groups is 2. The molecule has 0 bridgehead atoms. The average Bonchev–Trinajstić information content (AvgIpc) is 3.84. The molecule has 13 heteroatoms. The largest absolute Gasteiger partial charge is 0.481 e. The Morgan fingerprint density at radius 2 is 1.64 bits per heavy atom. The van der Waals surface area contributed by atoms with Gasteiger partial charge >= 0.3 is 5.97 Å². The molecule has 11 nitrogen and oxygen atoms in total. The molecule has 0 aliphatic heterocycles. The molecule has 0 radical (unpaired) electrons. The molecule has 1 aromatic rings. The molecule has 3 N–H and O–H groups in total. The Kier molecular flexibility index (Phi) is 22.5. The summed E-state index contributed by atoms with van der Waals surface area (Å²) >= 11 is 0. The molecular formula is C48H78F2N4O7. The van der Waals surface area contributed by atoms with Gasteiger partial charge in [0.25, 0.3) is 5.89 Å². The van der Waals surface area contributed by atoms with Crippen LogP contribution in [0.5, 0.6) is 0 Å². The van der Waals surface area contributed by atoms with Crippen molar-refractivity contribution < 1.29 is 42.9 Å². The number of rotatable bonds is 9. The molecule has 6 rings (SSSR count). The van der Waals surface area contributed by atoms with E-state index in [2.05, 4.69) is 61.0 Å².